The predicted octanol–water partition coefficient (Wildman–Crippen LogP) is 2.90. The van der Waals surface area contributed by atoms with Crippen molar-refractivity contribution in [2.24, 2.45) is 0 Å². The molecule has 1 unspecified atom stereocenters. The number of halogens is 1. The maximum absolute atomic E-state index is 6.37. The smallest absolute Gasteiger partial charge is 0.0837 e. The van der Waals surface area contributed by atoms with E-state index in [9.17, 15) is 0 Å². The van der Waals surface area contributed by atoms with Crippen LogP contribution < -0.4 is 5.32 Å². The zero-order valence-electron chi connectivity index (χ0n) is 12.1. The van der Waals surface area contributed by atoms with Crippen LogP contribution in [0, 0.1) is 0 Å². The minimum Gasteiger partial charge on any atom is -0.305 e. The number of pyridine rings is 1. The highest BCUT2D eigenvalue weighted by Gasteiger charge is 2.23. The Morgan fingerprint density at radius 1 is 1.24 bits per heavy atom. The van der Waals surface area contributed by atoms with Crippen molar-refractivity contribution in [2.75, 3.05) is 6.54 Å². The molecule has 0 aromatic carbocycles. The Hall–Kier alpha value is -1.85. The van der Waals surface area contributed by atoms with Gasteiger partial charge < -0.3 is 5.32 Å². The van der Waals surface area contributed by atoms with Crippen LogP contribution in [0.5, 0.6) is 0 Å². The summed E-state index contributed by atoms with van der Waals surface area (Å²) in [6, 6.07) is 6.02. The number of rotatable bonds is 5. The van der Waals surface area contributed by atoms with Crippen molar-refractivity contribution in [2.45, 2.75) is 26.4 Å². The topological polar surface area (TPSA) is 47.1 Å². The van der Waals surface area contributed by atoms with Crippen LogP contribution >= 0.6 is 11.6 Å². The highest BCUT2D eigenvalue weighted by molar-refractivity contribution is 6.31. The number of nitrogens with zero attached hydrogens (tertiary/aromatic N) is 4. The molecule has 1 atom stereocenters. The van der Waals surface area contributed by atoms with Crippen molar-refractivity contribution in [1.29, 1.82) is 0 Å². The quantitative estimate of drug-likeness (QED) is 0.788. The first-order chi connectivity index (χ1) is 10.3. The van der Waals surface area contributed by atoms with Gasteiger partial charge in [-0.2, -0.15) is 10.2 Å². The first-order valence-corrected chi connectivity index (χ1v) is 7.50. The fourth-order valence-electron chi connectivity index (χ4n) is 2.65. The number of hydrogen-bond acceptors (Lipinski definition) is 3. The Morgan fingerprint density at radius 2 is 2.10 bits per heavy atom. The van der Waals surface area contributed by atoms with Gasteiger partial charge in [-0.3, -0.25) is 4.68 Å². The van der Waals surface area contributed by atoms with Gasteiger partial charge in [0.2, 0.25) is 0 Å². The molecule has 6 heteroatoms. The summed E-state index contributed by atoms with van der Waals surface area (Å²) in [7, 11) is 0. The summed E-state index contributed by atoms with van der Waals surface area (Å²) < 4.78 is 3.81. The second-order valence-electron chi connectivity index (χ2n) is 4.81. The lowest BCUT2D eigenvalue weighted by Gasteiger charge is -2.19. The molecule has 0 amide bonds. The molecule has 0 aliphatic heterocycles. The molecule has 3 rings (SSSR count). The summed E-state index contributed by atoms with van der Waals surface area (Å²) in [5.74, 6) is 0. The highest BCUT2D eigenvalue weighted by Crippen LogP contribution is 2.30. The van der Waals surface area contributed by atoms with Crippen LogP contribution in [0.25, 0.3) is 5.52 Å². The largest absolute Gasteiger partial charge is 0.305 e. The van der Waals surface area contributed by atoms with E-state index in [-0.39, 0.29) is 6.04 Å². The van der Waals surface area contributed by atoms with E-state index in [4.69, 9.17) is 11.6 Å². The summed E-state index contributed by atoms with van der Waals surface area (Å²) in [4.78, 5) is 0. The maximum Gasteiger partial charge on any atom is 0.0837 e. The SMILES string of the molecule is CCNC(c1cnn2ccccc12)c1c(Cl)cnn1CC. The highest BCUT2D eigenvalue weighted by atomic mass is 35.5. The van der Waals surface area contributed by atoms with Gasteiger partial charge in [0, 0.05) is 18.3 Å². The molecule has 0 fully saturated rings. The van der Waals surface area contributed by atoms with E-state index in [1.54, 1.807) is 6.20 Å². The molecule has 0 saturated carbocycles. The van der Waals surface area contributed by atoms with Gasteiger partial charge in [0.05, 0.1) is 34.7 Å². The van der Waals surface area contributed by atoms with E-state index in [1.807, 2.05) is 33.7 Å². The van der Waals surface area contributed by atoms with Crippen LogP contribution in [0.1, 0.15) is 31.1 Å². The third kappa shape index (κ3) is 2.43. The number of hydrogen-bond donors (Lipinski definition) is 1. The minimum absolute atomic E-state index is 0.0233. The number of aromatic nitrogens is 4. The Labute approximate surface area is 128 Å². The van der Waals surface area contributed by atoms with Crippen molar-refractivity contribution >= 4 is 17.1 Å². The van der Waals surface area contributed by atoms with Crippen LogP contribution in [0.15, 0.2) is 36.8 Å². The van der Waals surface area contributed by atoms with Crippen LogP contribution in [-0.2, 0) is 6.54 Å². The van der Waals surface area contributed by atoms with Crippen molar-refractivity contribution < 1.29 is 0 Å². The van der Waals surface area contributed by atoms with Crippen LogP contribution in [0.2, 0.25) is 5.02 Å². The average Bonchev–Trinajstić information content (AvgIpc) is 3.09. The fraction of sp³-hybridized carbons (Fsp3) is 0.333. The molecule has 21 heavy (non-hydrogen) atoms. The third-order valence-corrected chi connectivity index (χ3v) is 3.87. The summed E-state index contributed by atoms with van der Waals surface area (Å²) in [5.41, 5.74) is 3.16. The average molecular weight is 304 g/mol. The second kappa shape index (κ2) is 5.87. The molecule has 3 aromatic rings. The lowest BCUT2D eigenvalue weighted by atomic mass is 10.1. The lowest BCUT2D eigenvalue weighted by Crippen LogP contribution is -2.25. The lowest BCUT2D eigenvalue weighted by molar-refractivity contribution is 0.544. The van der Waals surface area contributed by atoms with Crippen LogP contribution in [0.3, 0.4) is 0 Å². The molecule has 110 valence electrons. The van der Waals surface area contributed by atoms with Crippen LogP contribution in [-0.4, -0.2) is 25.9 Å². The zero-order chi connectivity index (χ0) is 14.8. The standard InChI is InChI=1S/C15H18ClN5/c1-3-17-14(15-12(16)10-19-20(15)4-2)11-9-18-21-8-6-5-7-13(11)21/h5-10,14,17H,3-4H2,1-2H3. The van der Waals surface area contributed by atoms with Gasteiger partial charge in [0.15, 0.2) is 0 Å². The molecule has 0 aliphatic carbocycles. The van der Waals surface area contributed by atoms with E-state index in [2.05, 4.69) is 35.4 Å². The van der Waals surface area contributed by atoms with Crippen molar-refractivity contribution in [1.82, 2.24) is 24.7 Å². The van der Waals surface area contributed by atoms with Crippen molar-refractivity contribution in [3.63, 3.8) is 0 Å². The molecule has 3 aromatic heterocycles. The first kappa shape index (κ1) is 14.1. The molecule has 1 N–H and O–H groups in total. The zero-order valence-corrected chi connectivity index (χ0v) is 12.9. The Morgan fingerprint density at radius 3 is 2.86 bits per heavy atom. The molecule has 0 spiro atoms. The first-order valence-electron chi connectivity index (χ1n) is 7.13. The Balaban J connectivity index is 2.16. The van der Waals surface area contributed by atoms with E-state index in [1.165, 1.54) is 0 Å². The normalized spacial score (nSPS) is 12.9. The summed E-state index contributed by atoms with van der Waals surface area (Å²) in [6.07, 6.45) is 5.54. The molecule has 0 aliphatic rings. The number of nitrogens with one attached hydrogen (secondary N) is 1. The molecular formula is C15H18ClN5. The van der Waals surface area contributed by atoms with Gasteiger partial charge in [-0.25, -0.2) is 4.52 Å². The van der Waals surface area contributed by atoms with E-state index in [0.29, 0.717) is 5.02 Å². The van der Waals surface area contributed by atoms with Gasteiger partial charge in [-0.15, -0.1) is 0 Å². The Bertz CT molecular complexity index is 745. The number of fused-ring (bicyclic) bond motifs is 1. The number of aryl methyl sites for hydroxylation is 1. The molecule has 3 heterocycles. The van der Waals surface area contributed by atoms with Gasteiger partial charge in [0.25, 0.3) is 0 Å². The molecule has 0 bridgehead atoms. The molecule has 5 nitrogen and oxygen atoms in total. The summed E-state index contributed by atoms with van der Waals surface area (Å²) in [6.45, 7) is 5.76. The van der Waals surface area contributed by atoms with Crippen molar-refractivity contribution in [3.8, 4) is 0 Å². The van der Waals surface area contributed by atoms with Gasteiger partial charge in [0.1, 0.15) is 0 Å². The van der Waals surface area contributed by atoms with E-state index in [0.717, 1.165) is 29.9 Å². The summed E-state index contributed by atoms with van der Waals surface area (Å²) in [5, 5.41) is 12.9. The van der Waals surface area contributed by atoms with Gasteiger partial charge in [-0.1, -0.05) is 24.6 Å². The molecule has 0 saturated heterocycles. The second-order valence-corrected chi connectivity index (χ2v) is 5.22. The Kier molecular flexibility index (Phi) is 3.94. The van der Waals surface area contributed by atoms with E-state index >= 15 is 0 Å². The molecule has 0 radical (unpaired) electrons. The van der Waals surface area contributed by atoms with Gasteiger partial charge in [-0.05, 0) is 25.6 Å². The fourth-order valence-corrected chi connectivity index (χ4v) is 2.90. The molecular weight excluding hydrogens is 286 g/mol. The monoisotopic (exact) mass is 303 g/mol. The predicted molar refractivity (Wildman–Crippen MR) is 83.6 cm³/mol. The minimum atomic E-state index is -0.0233. The maximum atomic E-state index is 6.37. The van der Waals surface area contributed by atoms with Gasteiger partial charge >= 0.3 is 0 Å². The van der Waals surface area contributed by atoms with E-state index < -0.39 is 0 Å². The van der Waals surface area contributed by atoms with Crippen molar-refractivity contribution in [3.05, 3.63) is 53.1 Å². The summed E-state index contributed by atoms with van der Waals surface area (Å²) >= 11 is 6.37. The third-order valence-electron chi connectivity index (χ3n) is 3.58. The van der Waals surface area contributed by atoms with Crippen LogP contribution in [0.4, 0.5) is 0 Å².